The zero-order valence-electron chi connectivity index (χ0n) is 8.57. The summed E-state index contributed by atoms with van der Waals surface area (Å²) in [5.74, 6) is -3.15. The van der Waals surface area contributed by atoms with Crippen molar-refractivity contribution < 1.29 is 9.19 Å². The fourth-order valence-electron chi connectivity index (χ4n) is 0.907. The Morgan fingerprint density at radius 1 is 1.31 bits per heavy atom. The first-order valence-corrected chi connectivity index (χ1v) is 8.86. The second kappa shape index (κ2) is 6.32. The number of oxime groups is 1. The van der Waals surface area contributed by atoms with E-state index in [0.29, 0.717) is 28.8 Å². The Balaban J connectivity index is 2.76. The molecule has 0 heterocycles. The van der Waals surface area contributed by atoms with Gasteiger partial charge in [-0.05, 0) is 12.5 Å². The molecule has 0 radical (unpaired) electrons. The molecule has 0 amide bonds. The Bertz CT molecular complexity index is 405. The predicted octanol–water partition coefficient (Wildman–Crippen LogP) is 2.75. The van der Waals surface area contributed by atoms with Gasteiger partial charge in [0, 0.05) is 23.1 Å². The van der Waals surface area contributed by atoms with Crippen molar-refractivity contribution in [2.45, 2.75) is 6.92 Å². The predicted molar refractivity (Wildman–Crippen MR) is 70.9 cm³/mol. The summed E-state index contributed by atoms with van der Waals surface area (Å²) in [6.07, 6.45) is 0. The highest BCUT2D eigenvalue weighted by molar-refractivity contribution is 8.88. The van der Waals surface area contributed by atoms with Crippen LogP contribution in [0.1, 0.15) is 12.5 Å². The van der Waals surface area contributed by atoms with Gasteiger partial charge in [0.15, 0.2) is 0 Å². The molecular weight excluding hydrogens is 265 g/mol. The van der Waals surface area contributed by atoms with Crippen LogP contribution in [0.3, 0.4) is 0 Å². The molecule has 5 nitrogen and oxygen atoms in total. The molecule has 0 fully saturated rings. The minimum atomic E-state index is -3.15. The highest BCUT2D eigenvalue weighted by atomic mass is 33.1. The summed E-state index contributed by atoms with van der Waals surface area (Å²) < 4.78 is 16.5. The van der Waals surface area contributed by atoms with Crippen molar-refractivity contribution in [1.82, 2.24) is 0 Å². The topological polar surface area (TPSA) is 90.7 Å². The molecule has 0 aliphatic heterocycles. The van der Waals surface area contributed by atoms with Crippen molar-refractivity contribution in [1.29, 1.82) is 0 Å². The van der Waals surface area contributed by atoms with E-state index >= 15 is 0 Å². The molecule has 16 heavy (non-hydrogen) atoms. The van der Waals surface area contributed by atoms with Crippen LogP contribution in [-0.4, -0.2) is 5.71 Å². The maximum Gasteiger partial charge on any atom is 0.408 e. The summed E-state index contributed by atoms with van der Waals surface area (Å²) in [7, 11) is 0. The zero-order chi connectivity index (χ0) is 12.0. The molecule has 0 aromatic heterocycles. The van der Waals surface area contributed by atoms with Crippen molar-refractivity contribution in [3.63, 3.8) is 0 Å². The average Bonchev–Trinajstić information content (AvgIpc) is 2.36. The molecule has 4 N–H and O–H groups in total. The average molecular weight is 277 g/mol. The van der Waals surface area contributed by atoms with Gasteiger partial charge in [-0.2, -0.15) is 0 Å². The lowest BCUT2D eigenvalue weighted by molar-refractivity contribution is 0.359. The van der Waals surface area contributed by atoms with E-state index in [2.05, 4.69) is 5.16 Å². The minimum Gasteiger partial charge on any atom is -0.317 e. The number of nitrogens with two attached hydrogens (primary N) is 2. The molecule has 88 valence electrons. The van der Waals surface area contributed by atoms with Gasteiger partial charge in [-0.25, -0.2) is 4.57 Å². The molecule has 8 heteroatoms. The molecule has 0 aliphatic rings. The van der Waals surface area contributed by atoms with Crippen LogP contribution in [-0.2, 0) is 9.19 Å². The number of nitrogens with zero attached hydrogens (tertiary/aromatic N) is 1. The van der Waals surface area contributed by atoms with Crippen LogP contribution in [0.15, 0.2) is 35.5 Å². The van der Waals surface area contributed by atoms with Gasteiger partial charge < -0.3 is 4.62 Å². The SMILES string of the molecule is C/C(=N\OP(=O)(SN)SN)c1ccccc1. The molecule has 0 spiro atoms. The van der Waals surface area contributed by atoms with Crippen LogP contribution in [0.2, 0.25) is 0 Å². The van der Waals surface area contributed by atoms with Crippen molar-refractivity contribution in [3.05, 3.63) is 35.9 Å². The lowest BCUT2D eigenvalue weighted by Crippen LogP contribution is -1.95. The Kier molecular flexibility index (Phi) is 5.37. The Hall–Kier alpha value is -0.460. The largest absolute Gasteiger partial charge is 0.408 e. The number of rotatable bonds is 5. The van der Waals surface area contributed by atoms with E-state index in [4.69, 9.17) is 14.9 Å². The third-order valence-electron chi connectivity index (χ3n) is 1.73. The monoisotopic (exact) mass is 277 g/mol. The van der Waals surface area contributed by atoms with Crippen LogP contribution in [0.25, 0.3) is 0 Å². The molecule has 0 unspecified atom stereocenters. The Morgan fingerprint density at radius 2 is 1.88 bits per heavy atom. The third-order valence-corrected chi connectivity index (χ3v) is 6.02. The maximum absolute atomic E-state index is 11.6. The summed E-state index contributed by atoms with van der Waals surface area (Å²) >= 11 is 1.15. The maximum atomic E-state index is 11.6. The van der Waals surface area contributed by atoms with E-state index in [-0.39, 0.29) is 0 Å². The van der Waals surface area contributed by atoms with Crippen LogP contribution in [0.5, 0.6) is 0 Å². The molecule has 0 bridgehead atoms. The first kappa shape index (κ1) is 13.6. The van der Waals surface area contributed by atoms with Gasteiger partial charge in [0.05, 0.1) is 5.71 Å². The van der Waals surface area contributed by atoms with Crippen molar-refractivity contribution in [3.8, 4) is 0 Å². The lowest BCUT2D eigenvalue weighted by Gasteiger charge is -2.08. The Labute approximate surface area is 102 Å². The first-order valence-electron chi connectivity index (χ1n) is 4.27. The summed E-state index contributed by atoms with van der Waals surface area (Å²) in [6, 6.07) is 9.40. The number of benzene rings is 1. The second-order valence-electron chi connectivity index (χ2n) is 2.78. The van der Waals surface area contributed by atoms with E-state index in [1.807, 2.05) is 30.3 Å². The lowest BCUT2D eigenvalue weighted by atomic mass is 10.1. The molecule has 0 saturated carbocycles. The Morgan fingerprint density at radius 3 is 2.38 bits per heavy atom. The number of hydrogen-bond acceptors (Lipinski definition) is 7. The van der Waals surface area contributed by atoms with Gasteiger partial charge in [0.25, 0.3) is 0 Å². The third kappa shape index (κ3) is 3.84. The standard InChI is InChI=1S/C8H12N3O2PS2/c1-7(8-5-3-2-4-6-8)11-13-14(12,15-9)16-10/h2-6H,9-10H2,1H3/b11-7+. The fraction of sp³-hybridized carbons (Fsp3) is 0.125. The van der Waals surface area contributed by atoms with E-state index < -0.39 is 5.77 Å². The van der Waals surface area contributed by atoms with Gasteiger partial charge in [-0.3, -0.25) is 10.3 Å². The highest BCUT2D eigenvalue weighted by Crippen LogP contribution is 2.65. The molecule has 0 saturated heterocycles. The van der Waals surface area contributed by atoms with Gasteiger partial charge >= 0.3 is 5.77 Å². The zero-order valence-corrected chi connectivity index (χ0v) is 11.1. The van der Waals surface area contributed by atoms with Gasteiger partial charge in [-0.15, -0.1) is 0 Å². The van der Waals surface area contributed by atoms with E-state index in [1.54, 1.807) is 6.92 Å². The van der Waals surface area contributed by atoms with Crippen LogP contribution in [0, 0.1) is 0 Å². The summed E-state index contributed by atoms with van der Waals surface area (Å²) in [5, 5.41) is 14.2. The quantitative estimate of drug-likeness (QED) is 0.372. The summed E-state index contributed by atoms with van der Waals surface area (Å²) in [6.45, 7) is 1.75. The van der Waals surface area contributed by atoms with E-state index in [9.17, 15) is 4.57 Å². The van der Waals surface area contributed by atoms with Crippen molar-refractivity contribution in [2.75, 3.05) is 0 Å². The molecule has 1 aromatic carbocycles. The smallest absolute Gasteiger partial charge is 0.317 e. The minimum absolute atomic E-state index is 0.574. The molecule has 0 aliphatic carbocycles. The summed E-state index contributed by atoms with van der Waals surface area (Å²) in [4.78, 5) is 0. The second-order valence-corrected chi connectivity index (χ2v) is 9.10. The summed E-state index contributed by atoms with van der Waals surface area (Å²) in [5.41, 5.74) is 1.50. The van der Waals surface area contributed by atoms with E-state index in [0.717, 1.165) is 5.56 Å². The van der Waals surface area contributed by atoms with Crippen LogP contribution < -0.4 is 10.3 Å². The number of hydrogen-bond donors (Lipinski definition) is 2. The van der Waals surface area contributed by atoms with Crippen molar-refractivity contribution in [2.24, 2.45) is 15.4 Å². The fourth-order valence-corrected chi connectivity index (χ4v) is 2.28. The van der Waals surface area contributed by atoms with Gasteiger partial charge in [0.1, 0.15) is 0 Å². The van der Waals surface area contributed by atoms with Crippen molar-refractivity contribution >= 4 is 34.6 Å². The molecule has 1 rings (SSSR count). The highest BCUT2D eigenvalue weighted by Gasteiger charge is 2.23. The normalized spacial score (nSPS) is 12.6. The van der Waals surface area contributed by atoms with Crippen LogP contribution >= 0.6 is 28.9 Å². The van der Waals surface area contributed by atoms with E-state index in [1.165, 1.54) is 0 Å². The van der Waals surface area contributed by atoms with Crippen LogP contribution in [0.4, 0.5) is 0 Å². The molecular formula is C8H12N3O2PS2. The first-order chi connectivity index (χ1) is 7.61. The van der Waals surface area contributed by atoms with Gasteiger partial charge in [-0.1, -0.05) is 35.5 Å². The molecule has 0 atom stereocenters. The molecule has 1 aromatic rings. The van der Waals surface area contributed by atoms with Gasteiger partial charge in [0.2, 0.25) is 0 Å².